The summed E-state index contributed by atoms with van der Waals surface area (Å²) in [5.41, 5.74) is 5.09. The molecule has 1 aliphatic heterocycles. The number of likely N-dealkylation sites (N-methyl/N-ethyl adjacent to an activating group) is 1. The first-order valence-corrected chi connectivity index (χ1v) is 12.2. The average Bonchev–Trinajstić information content (AvgIpc) is 3.57. The van der Waals surface area contributed by atoms with Gasteiger partial charge in [-0.05, 0) is 38.7 Å². The van der Waals surface area contributed by atoms with Gasteiger partial charge in [-0.15, -0.1) is 0 Å². The molecule has 0 spiro atoms. The van der Waals surface area contributed by atoms with Gasteiger partial charge in [0.15, 0.2) is 0 Å². The van der Waals surface area contributed by atoms with E-state index in [1.807, 2.05) is 42.6 Å². The summed E-state index contributed by atoms with van der Waals surface area (Å²) in [6.07, 6.45) is 5.80. The molecule has 1 saturated heterocycles. The highest BCUT2D eigenvalue weighted by atomic mass is 16.5. The van der Waals surface area contributed by atoms with Gasteiger partial charge in [-0.1, -0.05) is 24.8 Å². The summed E-state index contributed by atoms with van der Waals surface area (Å²) in [7, 11) is 5.82. The zero-order valence-electron chi connectivity index (χ0n) is 21.3. The number of aromatic amines is 1. The highest BCUT2D eigenvalue weighted by Crippen LogP contribution is 2.40. The molecule has 2 aromatic carbocycles. The van der Waals surface area contributed by atoms with Crippen molar-refractivity contribution in [2.45, 2.75) is 12.5 Å². The third-order valence-electron chi connectivity index (χ3n) is 6.79. The van der Waals surface area contributed by atoms with E-state index in [1.54, 1.807) is 7.11 Å². The summed E-state index contributed by atoms with van der Waals surface area (Å²) in [4.78, 5) is 29.0. The molecule has 3 N–H and O–H groups in total. The Labute approximate surface area is 216 Å². The highest BCUT2D eigenvalue weighted by molar-refractivity contribution is 6.02. The number of hydrogen-bond acceptors (Lipinski definition) is 7. The number of amides is 1. The molecule has 1 fully saturated rings. The van der Waals surface area contributed by atoms with Gasteiger partial charge in [0, 0.05) is 53.9 Å². The molecular weight excluding hydrogens is 466 g/mol. The summed E-state index contributed by atoms with van der Waals surface area (Å²) < 4.78 is 5.76. The zero-order chi connectivity index (χ0) is 25.9. The van der Waals surface area contributed by atoms with Gasteiger partial charge < -0.3 is 30.2 Å². The number of para-hydroxylation sites is 1. The predicted octanol–water partition coefficient (Wildman–Crippen LogP) is 4.64. The molecule has 1 atom stereocenters. The number of nitrogens with zero attached hydrogens (tertiary/aromatic N) is 4. The molecule has 37 heavy (non-hydrogen) atoms. The fraction of sp³-hybridized carbons (Fsp3) is 0.250. The fourth-order valence-electron chi connectivity index (χ4n) is 4.76. The fourth-order valence-corrected chi connectivity index (χ4v) is 4.76. The maximum atomic E-state index is 12.3. The molecule has 0 radical (unpaired) electrons. The van der Waals surface area contributed by atoms with Crippen LogP contribution in [0, 0.1) is 0 Å². The summed E-state index contributed by atoms with van der Waals surface area (Å²) in [5, 5.41) is 7.42. The summed E-state index contributed by atoms with van der Waals surface area (Å²) >= 11 is 0. The van der Waals surface area contributed by atoms with E-state index in [1.165, 1.54) is 12.4 Å². The second kappa shape index (κ2) is 10.3. The Bertz CT molecular complexity index is 1450. The third kappa shape index (κ3) is 4.99. The molecule has 3 heterocycles. The van der Waals surface area contributed by atoms with Crippen molar-refractivity contribution in [1.29, 1.82) is 0 Å². The number of methoxy groups -OCH3 is 1. The van der Waals surface area contributed by atoms with E-state index in [9.17, 15) is 4.79 Å². The number of rotatable bonds is 8. The van der Waals surface area contributed by atoms with Crippen molar-refractivity contribution < 1.29 is 9.53 Å². The van der Waals surface area contributed by atoms with Gasteiger partial charge in [0.05, 0.1) is 29.9 Å². The van der Waals surface area contributed by atoms with Crippen LogP contribution in [-0.2, 0) is 4.79 Å². The van der Waals surface area contributed by atoms with Crippen molar-refractivity contribution in [2.75, 3.05) is 49.8 Å². The number of ether oxygens (including phenoxy) is 1. The van der Waals surface area contributed by atoms with Crippen LogP contribution in [0.3, 0.4) is 0 Å². The SMILES string of the molecule is C=CC(=O)Nc1cc(Nc2cc(-c3c[nH]c4ccccc34)ncn2)c(OC)cc1N1CC[C@H](N(C)C)C1. The number of H-pyrrole nitrogens is 1. The average molecular weight is 498 g/mol. The van der Waals surface area contributed by atoms with E-state index in [0.717, 1.165) is 47.4 Å². The van der Waals surface area contributed by atoms with Gasteiger partial charge in [0.25, 0.3) is 0 Å². The Morgan fingerprint density at radius 2 is 2.05 bits per heavy atom. The standard InChI is InChI=1S/C28H31N7O2/c1-5-28(36)33-23-12-24(26(37-4)14-25(23)35-11-10-18(16-35)34(2)3)32-27-13-22(30-17-31-27)20-15-29-21-9-7-6-8-19(20)21/h5-9,12-15,17-18,29H,1,10-11,16H2,2-4H3,(H,33,36)(H,30,31,32)/t18-/m0/s1. The first kappa shape index (κ1) is 24.3. The number of fused-ring (bicyclic) bond motifs is 1. The first-order chi connectivity index (χ1) is 18.0. The number of benzene rings is 2. The molecule has 0 bridgehead atoms. The van der Waals surface area contributed by atoms with Crippen LogP contribution in [-0.4, -0.2) is 66.1 Å². The topological polar surface area (TPSA) is 98.4 Å². The van der Waals surface area contributed by atoms with E-state index < -0.39 is 0 Å². The van der Waals surface area contributed by atoms with E-state index in [4.69, 9.17) is 4.74 Å². The van der Waals surface area contributed by atoms with Crippen molar-refractivity contribution >= 4 is 39.7 Å². The second-order valence-corrected chi connectivity index (χ2v) is 9.28. The minimum atomic E-state index is -0.274. The lowest BCUT2D eigenvalue weighted by molar-refractivity contribution is -0.111. The zero-order valence-corrected chi connectivity index (χ0v) is 21.3. The molecule has 0 aliphatic carbocycles. The van der Waals surface area contributed by atoms with E-state index in [0.29, 0.717) is 29.0 Å². The normalized spacial score (nSPS) is 15.2. The third-order valence-corrected chi connectivity index (χ3v) is 6.79. The summed E-state index contributed by atoms with van der Waals surface area (Å²) in [5.74, 6) is 0.979. The monoisotopic (exact) mass is 497 g/mol. The highest BCUT2D eigenvalue weighted by Gasteiger charge is 2.27. The summed E-state index contributed by atoms with van der Waals surface area (Å²) in [6, 6.07) is 14.3. The number of carbonyl (C=O) groups is 1. The van der Waals surface area contributed by atoms with Crippen molar-refractivity contribution in [3.05, 3.63) is 67.6 Å². The lowest BCUT2D eigenvalue weighted by atomic mass is 10.1. The van der Waals surface area contributed by atoms with Crippen LogP contribution in [0.1, 0.15) is 6.42 Å². The van der Waals surface area contributed by atoms with Crippen molar-refractivity contribution in [3.8, 4) is 17.0 Å². The van der Waals surface area contributed by atoms with Crippen LogP contribution in [0.4, 0.5) is 22.9 Å². The Balaban J connectivity index is 1.49. The van der Waals surface area contributed by atoms with E-state index >= 15 is 0 Å². The quantitative estimate of drug-likeness (QED) is 0.305. The van der Waals surface area contributed by atoms with Gasteiger partial charge in [-0.25, -0.2) is 9.97 Å². The molecule has 190 valence electrons. The van der Waals surface area contributed by atoms with Gasteiger partial charge in [0.2, 0.25) is 5.91 Å². The minimum Gasteiger partial charge on any atom is -0.494 e. The lowest BCUT2D eigenvalue weighted by Crippen LogP contribution is -2.31. The molecule has 0 unspecified atom stereocenters. The molecule has 1 amide bonds. The van der Waals surface area contributed by atoms with Gasteiger partial charge >= 0.3 is 0 Å². The predicted molar refractivity (Wildman–Crippen MR) is 149 cm³/mol. The number of hydrogen-bond donors (Lipinski definition) is 3. The molecule has 2 aromatic heterocycles. The maximum absolute atomic E-state index is 12.3. The van der Waals surface area contributed by atoms with Crippen molar-refractivity contribution in [3.63, 3.8) is 0 Å². The molecular formula is C28H31N7O2. The largest absolute Gasteiger partial charge is 0.494 e. The number of anilines is 4. The number of aromatic nitrogens is 3. The van der Waals surface area contributed by atoms with Crippen LogP contribution in [0.2, 0.25) is 0 Å². The van der Waals surface area contributed by atoms with Crippen LogP contribution in [0.5, 0.6) is 5.75 Å². The Morgan fingerprint density at radius 3 is 2.81 bits per heavy atom. The number of nitrogens with one attached hydrogen (secondary N) is 3. The molecule has 5 rings (SSSR count). The van der Waals surface area contributed by atoms with Crippen LogP contribution < -0.4 is 20.3 Å². The number of carbonyl (C=O) groups excluding carboxylic acids is 1. The molecule has 0 saturated carbocycles. The van der Waals surface area contributed by atoms with Crippen LogP contribution in [0.25, 0.3) is 22.2 Å². The smallest absolute Gasteiger partial charge is 0.247 e. The van der Waals surface area contributed by atoms with Crippen molar-refractivity contribution in [1.82, 2.24) is 19.9 Å². The van der Waals surface area contributed by atoms with Gasteiger partial charge in [-0.3, -0.25) is 4.79 Å². The van der Waals surface area contributed by atoms with E-state index in [2.05, 4.69) is 62.1 Å². The minimum absolute atomic E-state index is 0.274. The molecule has 9 nitrogen and oxygen atoms in total. The van der Waals surface area contributed by atoms with E-state index in [-0.39, 0.29) is 5.91 Å². The van der Waals surface area contributed by atoms with Crippen LogP contribution in [0.15, 0.2) is 67.6 Å². The van der Waals surface area contributed by atoms with Crippen LogP contribution >= 0.6 is 0 Å². The maximum Gasteiger partial charge on any atom is 0.247 e. The Kier molecular flexibility index (Phi) is 6.78. The Morgan fingerprint density at radius 1 is 1.22 bits per heavy atom. The second-order valence-electron chi connectivity index (χ2n) is 9.28. The van der Waals surface area contributed by atoms with Gasteiger partial charge in [-0.2, -0.15) is 0 Å². The molecule has 1 aliphatic rings. The lowest BCUT2D eigenvalue weighted by Gasteiger charge is -2.25. The molecule has 9 heteroatoms. The Hall–Kier alpha value is -4.37. The van der Waals surface area contributed by atoms with Gasteiger partial charge in [0.1, 0.15) is 17.9 Å². The first-order valence-electron chi connectivity index (χ1n) is 12.2. The van der Waals surface area contributed by atoms with Crippen molar-refractivity contribution in [2.24, 2.45) is 0 Å². The summed E-state index contributed by atoms with van der Waals surface area (Å²) in [6.45, 7) is 5.35. The molecule has 4 aromatic rings.